The van der Waals surface area contributed by atoms with Crippen molar-refractivity contribution in [3.05, 3.63) is 72.9 Å². The topological polar surface area (TPSA) is 127 Å². The van der Waals surface area contributed by atoms with Crippen molar-refractivity contribution in [3.8, 4) is 0 Å². The third kappa shape index (κ3) is 12.8. The molecule has 7 heteroatoms. The molecule has 1 rings (SSSR count). The lowest BCUT2D eigenvalue weighted by molar-refractivity contribution is -0.233. The van der Waals surface area contributed by atoms with Crippen LogP contribution >= 0.6 is 0 Å². The average Bonchev–Trinajstić information content (AvgIpc) is 2.85. The van der Waals surface area contributed by atoms with Gasteiger partial charge in [-0.05, 0) is 44.9 Å². The van der Waals surface area contributed by atoms with Gasteiger partial charge in [0.25, 0.3) is 0 Å². The zero-order valence-electron chi connectivity index (χ0n) is 20.6. The third-order valence-electron chi connectivity index (χ3n) is 5.45. The fourth-order valence-corrected chi connectivity index (χ4v) is 3.39. The van der Waals surface area contributed by atoms with Gasteiger partial charge in [-0.15, -0.1) is 0 Å². The van der Waals surface area contributed by atoms with Crippen molar-refractivity contribution in [1.82, 2.24) is 0 Å². The number of aliphatic hydroxyl groups is 5. The molecule has 6 atom stereocenters. The van der Waals surface area contributed by atoms with Crippen LogP contribution in [0, 0.1) is 0 Å². The molecule has 0 radical (unpaired) electrons. The number of carbonyl (C=O) groups is 1. The molecule has 35 heavy (non-hydrogen) atoms. The first-order chi connectivity index (χ1) is 16.9. The van der Waals surface area contributed by atoms with Gasteiger partial charge >= 0.3 is 5.97 Å². The minimum atomic E-state index is -1.71. The van der Waals surface area contributed by atoms with E-state index in [1.807, 2.05) is 18.2 Å². The molecule has 5 N–H and O–H groups in total. The van der Waals surface area contributed by atoms with Crippen LogP contribution in [0.15, 0.2) is 72.9 Å². The summed E-state index contributed by atoms with van der Waals surface area (Å²) in [6.45, 7) is 2.13. The Balaban J connectivity index is 2.12. The first kappa shape index (κ1) is 30.7. The van der Waals surface area contributed by atoms with Crippen LogP contribution in [0.1, 0.15) is 58.3 Å². The minimum Gasteiger partial charge on any atom is -0.457 e. The van der Waals surface area contributed by atoms with E-state index in [1.165, 1.54) is 0 Å². The van der Waals surface area contributed by atoms with Crippen LogP contribution in [0.5, 0.6) is 0 Å². The number of hydrogen-bond donors (Lipinski definition) is 5. The normalized spacial score (nSPS) is 28.1. The molecule has 0 aromatic heterocycles. The Morgan fingerprint density at radius 1 is 0.571 bits per heavy atom. The monoisotopic (exact) mass is 490 g/mol. The van der Waals surface area contributed by atoms with E-state index >= 15 is 0 Å². The van der Waals surface area contributed by atoms with E-state index in [-0.39, 0.29) is 6.42 Å². The third-order valence-corrected chi connectivity index (χ3v) is 5.45. The number of carbonyl (C=O) groups excluding carboxylic acids is 1. The van der Waals surface area contributed by atoms with Gasteiger partial charge in [0.1, 0.15) is 30.5 Å². The van der Waals surface area contributed by atoms with Crippen LogP contribution < -0.4 is 0 Å². The zero-order valence-corrected chi connectivity index (χ0v) is 20.6. The summed E-state index contributed by atoms with van der Waals surface area (Å²) in [5, 5.41) is 48.6. The van der Waals surface area contributed by atoms with Crippen molar-refractivity contribution in [1.29, 1.82) is 0 Å². The van der Waals surface area contributed by atoms with E-state index in [0.29, 0.717) is 6.42 Å². The molecule has 1 aliphatic carbocycles. The molecule has 0 amide bonds. The Bertz CT molecular complexity index is 734. The maximum absolute atomic E-state index is 11.9. The molecule has 0 spiro atoms. The number of rotatable bonds is 15. The summed E-state index contributed by atoms with van der Waals surface area (Å²) in [4.78, 5) is 11.9. The van der Waals surface area contributed by atoms with Crippen LogP contribution in [0.3, 0.4) is 0 Å². The van der Waals surface area contributed by atoms with Crippen LogP contribution in [-0.4, -0.2) is 68.1 Å². The SMILES string of the molecule is CC/C=C/C/C=C/C/C=C/C/C=C/C/C=C/C/C=C/CCC(=O)OC1[C@@H](O)[C@H](O)C(O)[C@H](O)[C@H]1O. The largest absolute Gasteiger partial charge is 0.457 e. The molecule has 0 aliphatic heterocycles. The van der Waals surface area contributed by atoms with E-state index in [9.17, 15) is 30.3 Å². The number of esters is 1. The highest BCUT2D eigenvalue weighted by Gasteiger charge is 2.50. The van der Waals surface area contributed by atoms with Gasteiger partial charge in [-0.25, -0.2) is 0 Å². The van der Waals surface area contributed by atoms with Gasteiger partial charge in [0, 0.05) is 6.42 Å². The first-order valence-corrected chi connectivity index (χ1v) is 12.4. The van der Waals surface area contributed by atoms with Crippen molar-refractivity contribution < 1.29 is 35.1 Å². The molecule has 0 heterocycles. The quantitative estimate of drug-likeness (QED) is 0.176. The summed E-state index contributed by atoms with van der Waals surface area (Å²) in [6.07, 6.45) is 21.1. The number of ether oxygens (including phenoxy) is 1. The van der Waals surface area contributed by atoms with Gasteiger partial charge in [0.05, 0.1) is 0 Å². The Morgan fingerprint density at radius 3 is 1.31 bits per heavy atom. The molecule has 0 saturated heterocycles. The zero-order chi connectivity index (χ0) is 25.9. The Kier molecular flexibility index (Phi) is 16.7. The van der Waals surface area contributed by atoms with E-state index in [0.717, 1.165) is 38.5 Å². The van der Waals surface area contributed by atoms with E-state index < -0.39 is 42.6 Å². The molecule has 196 valence electrons. The lowest BCUT2D eigenvalue weighted by Gasteiger charge is -2.41. The molecular formula is C28H42O7. The van der Waals surface area contributed by atoms with Gasteiger partial charge < -0.3 is 30.3 Å². The molecule has 0 aromatic rings. The van der Waals surface area contributed by atoms with Crippen molar-refractivity contribution in [2.24, 2.45) is 0 Å². The second kappa shape index (κ2) is 19.0. The molecule has 0 bridgehead atoms. The molecule has 1 saturated carbocycles. The Morgan fingerprint density at radius 2 is 0.914 bits per heavy atom. The fraction of sp³-hybridized carbons (Fsp3) is 0.536. The van der Waals surface area contributed by atoms with Gasteiger partial charge in [0.15, 0.2) is 6.10 Å². The van der Waals surface area contributed by atoms with Crippen molar-refractivity contribution in [3.63, 3.8) is 0 Å². The minimum absolute atomic E-state index is 0.0207. The predicted octanol–water partition coefficient (Wildman–Crippen LogP) is 3.19. The molecule has 0 aromatic carbocycles. The van der Waals surface area contributed by atoms with Gasteiger partial charge in [0.2, 0.25) is 0 Å². The molecular weight excluding hydrogens is 448 g/mol. The van der Waals surface area contributed by atoms with Crippen LogP contribution in [0.25, 0.3) is 0 Å². The Hall–Kier alpha value is -2.29. The van der Waals surface area contributed by atoms with Crippen LogP contribution in [0.2, 0.25) is 0 Å². The summed E-state index contributed by atoms with van der Waals surface area (Å²) in [7, 11) is 0. The standard InChI is InChI=1S/C28H42O7/c1-2-3-4-5-6-7-8-9-10-11-12-13-14-15-16-17-18-19-20-21-22(29)35-28-26(33)24(31)23(30)25(32)27(28)34/h3-4,6-7,9-10,12-13,15-16,18-19,23-28,30-34H,2,5,8,11,14,17,20-21H2,1H3/b4-3+,7-6+,10-9+,13-12+,16-15+,19-18+/t23?,24-,25+,26+,27-,28?. The number of aliphatic hydroxyl groups excluding tert-OH is 5. The Labute approximate surface area is 209 Å². The van der Waals surface area contributed by atoms with Crippen LogP contribution in [0.4, 0.5) is 0 Å². The summed E-state index contributed by atoms with van der Waals surface area (Å²) < 4.78 is 5.01. The first-order valence-electron chi connectivity index (χ1n) is 12.4. The van der Waals surface area contributed by atoms with Gasteiger partial charge in [-0.1, -0.05) is 79.8 Å². The highest BCUT2D eigenvalue weighted by Crippen LogP contribution is 2.24. The lowest BCUT2D eigenvalue weighted by Crippen LogP contribution is -2.64. The van der Waals surface area contributed by atoms with E-state index in [1.54, 1.807) is 0 Å². The molecule has 7 nitrogen and oxygen atoms in total. The van der Waals surface area contributed by atoms with Gasteiger partial charge in [-0.3, -0.25) is 4.79 Å². The molecule has 1 aliphatic rings. The second-order valence-electron chi connectivity index (χ2n) is 8.36. The number of allylic oxidation sites excluding steroid dienone is 12. The highest BCUT2D eigenvalue weighted by molar-refractivity contribution is 5.69. The van der Waals surface area contributed by atoms with Crippen molar-refractivity contribution in [2.75, 3.05) is 0 Å². The van der Waals surface area contributed by atoms with Gasteiger partial charge in [-0.2, -0.15) is 0 Å². The summed E-state index contributed by atoms with van der Waals surface area (Å²) in [5.74, 6) is -0.677. The summed E-state index contributed by atoms with van der Waals surface area (Å²) in [5.41, 5.74) is 0. The van der Waals surface area contributed by atoms with Crippen LogP contribution in [-0.2, 0) is 9.53 Å². The summed E-state index contributed by atoms with van der Waals surface area (Å²) >= 11 is 0. The van der Waals surface area contributed by atoms with E-state index in [4.69, 9.17) is 4.74 Å². The predicted molar refractivity (Wildman–Crippen MR) is 137 cm³/mol. The fourth-order valence-electron chi connectivity index (χ4n) is 3.39. The smallest absolute Gasteiger partial charge is 0.306 e. The maximum Gasteiger partial charge on any atom is 0.306 e. The second-order valence-corrected chi connectivity index (χ2v) is 8.36. The number of hydrogen-bond acceptors (Lipinski definition) is 7. The van der Waals surface area contributed by atoms with Crippen molar-refractivity contribution in [2.45, 2.75) is 94.9 Å². The molecule has 2 unspecified atom stereocenters. The maximum atomic E-state index is 11.9. The van der Waals surface area contributed by atoms with E-state index in [2.05, 4.69) is 61.6 Å². The average molecular weight is 491 g/mol. The molecule has 1 fully saturated rings. The summed E-state index contributed by atoms with van der Waals surface area (Å²) in [6, 6.07) is 0. The van der Waals surface area contributed by atoms with Crippen molar-refractivity contribution >= 4 is 5.97 Å². The highest BCUT2D eigenvalue weighted by atomic mass is 16.6. The lowest BCUT2D eigenvalue weighted by atomic mass is 9.85.